The van der Waals surface area contributed by atoms with Crippen molar-refractivity contribution in [3.63, 3.8) is 0 Å². The van der Waals surface area contributed by atoms with Crippen LogP contribution in [0, 0.1) is 5.82 Å². The number of halogens is 2. The summed E-state index contributed by atoms with van der Waals surface area (Å²) in [7, 11) is 0. The molecule has 1 unspecified atom stereocenters. The third kappa shape index (κ3) is 3.99. The summed E-state index contributed by atoms with van der Waals surface area (Å²) in [6.45, 7) is 2.50. The van der Waals surface area contributed by atoms with Crippen LogP contribution >= 0.6 is 15.9 Å². The third-order valence-electron chi connectivity index (χ3n) is 3.64. The highest BCUT2D eigenvalue weighted by Gasteiger charge is 2.17. The average molecular weight is 367 g/mol. The van der Waals surface area contributed by atoms with Crippen molar-refractivity contribution in [2.45, 2.75) is 19.4 Å². The summed E-state index contributed by atoms with van der Waals surface area (Å²) in [5.74, 6) is -0.459. The van der Waals surface area contributed by atoms with Crippen LogP contribution in [0.25, 0.3) is 0 Å². The van der Waals surface area contributed by atoms with E-state index < -0.39 is 5.82 Å². The second-order valence-electron chi connectivity index (χ2n) is 5.28. The van der Waals surface area contributed by atoms with Crippen LogP contribution in [0.2, 0.25) is 0 Å². The van der Waals surface area contributed by atoms with Crippen molar-refractivity contribution in [3.8, 4) is 0 Å². The minimum absolute atomic E-state index is 0.00272. The summed E-state index contributed by atoms with van der Waals surface area (Å²) in [5.41, 5.74) is 7.64. The Kier molecular flexibility index (Phi) is 5.80. The highest BCUT2D eigenvalue weighted by atomic mass is 79.9. The van der Waals surface area contributed by atoms with Crippen LogP contribution in [0.15, 0.2) is 46.9 Å². The Hall–Kier alpha value is -1.59. The molecule has 0 radical (unpaired) electrons. The summed E-state index contributed by atoms with van der Waals surface area (Å²) < 4.78 is 14.4. The monoisotopic (exact) mass is 366 g/mol. The van der Waals surface area contributed by atoms with E-state index >= 15 is 0 Å². The van der Waals surface area contributed by atoms with Crippen molar-refractivity contribution in [1.29, 1.82) is 0 Å². The van der Waals surface area contributed by atoms with Gasteiger partial charge in [-0.25, -0.2) is 4.39 Å². The topological polar surface area (TPSA) is 49.5 Å². The largest absolute Gasteiger partial charge is 0.395 e. The quantitative estimate of drug-likeness (QED) is 0.767. The predicted octanol–water partition coefficient (Wildman–Crippen LogP) is 3.60. The van der Waals surface area contributed by atoms with Crippen molar-refractivity contribution in [1.82, 2.24) is 0 Å². The van der Waals surface area contributed by atoms with E-state index in [1.54, 1.807) is 6.07 Å². The third-order valence-corrected chi connectivity index (χ3v) is 4.30. The number of nitrogens with zero attached hydrogens (tertiary/aromatic N) is 1. The van der Waals surface area contributed by atoms with Crippen LogP contribution in [0.3, 0.4) is 0 Å². The molecule has 3 nitrogen and oxygen atoms in total. The fraction of sp³-hybridized carbons (Fsp3) is 0.294. The summed E-state index contributed by atoms with van der Waals surface area (Å²) in [6.07, 6.45) is 0.810. The molecule has 3 N–H and O–H groups in total. The summed E-state index contributed by atoms with van der Waals surface area (Å²) in [5, 5.41) is 9.33. The predicted molar refractivity (Wildman–Crippen MR) is 92.6 cm³/mol. The van der Waals surface area contributed by atoms with Gasteiger partial charge in [-0.1, -0.05) is 30.3 Å². The van der Waals surface area contributed by atoms with Gasteiger partial charge >= 0.3 is 0 Å². The molecule has 0 aliphatic carbocycles. The number of benzene rings is 2. The number of aliphatic hydroxyl groups is 1. The maximum absolute atomic E-state index is 13.9. The van der Waals surface area contributed by atoms with E-state index in [4.69, 9.17) is 5.73 Å². The normalized spacial score (nSPS) is 12.2. The zero-order valence-corrected chi connectivity index (χ0v) is 14.1. The van der Waals surface area contributed by atoms with E-state index in [-0.39, 0.29) is 18.3 Å². The van der Waals surface area contributed by atoms with E-state index in [9.17, 15) is 9.50 Å². The van der Waals surface area contributed by atoms with Gasteiger partial charge in [-0.05, 0) is 47.0 Å². The lowest BCUT2D eigenvalue weighted by Crippen LogP contribution is -2.37. The van der Waals surface area contributed by atoms with Crippen LogP contribution in [-0.2, 0) is 6.42 Å². The Bertz CT molecular complexity index is 598. The van der Waals surface area contributed by atoms with E-state index in [2.05, 4.69) is 35.0 Å². The lowest BCUT2D eigenvalue weighted by molar-refractivity contribution is 0.298. The van der Waals surface area contributed by atoms with E-state index in [1.807, 2.05) is 23.1 Å². The number of hydrogen-bond donors (Lipinski definition) is 2. The zero-order valence-electron chi connectivity index (χ0n) is 12.5. The number of hydrogen-bond acceptors (Lipinski definition) is 3. The van der Waals surface area contributed by atoms with Gasteiger partial charge in [0, 0.05) is 22.7 Å². The van der Waals surface area contributed by atoms with Gasteiger partial charge in [-0.15, -0.1) is 0 Å². The highest BCUT2D eigenvalue weighted by Crippen LogP contribution is 2.30. The van der Waals surface area contributed by atoms with Gasteiger partial charge < -0.3 is 15.7 Å². The molecule has 0 fully saturated rings. The van der Waals surface area contributed by atoms with Gasteiger partial charge in [0.2, 0.25) is 0 Å². The lowest BCUT2D eigenvalue weighted by Gasteiger charge is -2.31. The van der Waals surface area contributed by atoms with E-state index in [1.165, 1.54) is 11.6 Å². The first-order valence-corrected chi connectivity index (χ1v) is 7.98. The second kappa shape index (κ2) is 7.61. The lowest BCUT2D eigenvalue weighted by atomic mass is 10.1. The molecule has 0 spiro atoms. The number of aliphatic hydroxyl groups excluding tert-OH is 1. The maximum atomic E-state index is 13.9. The van der Waals surface area contributed by atoms with Crippen molar-refractivity contribution in [2.24, 2.45) is 0 Å². The van der Waals surface area contributed by atoms with Crippen LogP contribution < -0.4 is 10.6 Å². The first-order chi connectivity index (χ1) is 10.5. The maximum Gasteiger partial charge on any atom is 0.149 e. The zero-order chi connectivity index (χ0) is 16.1. The van der Waals surface area contributed by atoms with E-state index in [0.29, 0.717) is 16.7 Å². The Morgan fingerprint density at radius 2 is 1.95 bits per heavy atom. The van der Waals surface area contributed by atoms with Gasteiger partial charge in [0.15, 0.2) is 0 Å². The van der Waals surface area contributed by atoms with Crippen LogP contribution in [0.4, 0.5) is 15.8 Å². The molecule has 2 aromatic carbocycles. The SMILES string of the molecule is CC(Cc1ccccc1)N(CCO)c1cc(F)c(N)c(Br)c1. The molecule has 5 heteroatoms. The summed E-state index contributed by atoms with van der Waals surface area (Å²) in [4.78, 5) is 1.99. The molecule has 0 saturated carbocycles. The molecule has 118 valence electrons. The molecular weight excluding hydrogens is 347 g/mol. The fourth-order valence-corrected chi connectivity index (χ4v) is 2.94. The molecule has 0 saturated heterocycles. The van der Waals surface area contributed by atoms with Crippen molar-refractivity contribution < 1.29 is 9.50 Å². The van der Waals surface area contributed by atoms with Gasteiger partial charge in [-0.3, -0.25) is 0 Å². The summed E-state index contributed by atoms with van der Waals surface area (Å²) >= 11 is 3.28. The van der Waals surface area contributed by atoms with Crippen LogP contribution in [0.5, 0.6) is 0 Å². The van der Waals surface area contributed by atoms with Crippen LogP contribution in [0.1, 0.15) is 12.5 Å². The molecule has 0 amide bonds. The molecule has 2 rings (SSSR count). The molecule has 0 aromatic heterocycles. The molecule has 2 aromatic rings. The Balaban J connectivity index is 2.25. The second-order valence-corrected chi connectivity index (χ2v) is 6.13. The van der Waals surface area contributed by atoms with Crippen molar-refractivity contribution >= 4 is 27.3 Å². The highest BCUT2D eigenvalue weighted by molar-refractivity contribution is 9.10. The number of anilines is 2. The van der Waals surface area contributed by atoms with E-state index in [0.717, 1.165) is 6.42 Å². The molecule has 22 heavy (non-hydrogen) atoms. The fourth-order valence-electron chi connectivity index (χ4n) is 2.51. The minimum atomic E-state index is -0.459. The van der Waals surface area contributed by atoms with Gasteiger partial charge in [0.05, 0.1) is 12.3 Å². The molecule has 0 heterocycles. The van der Waals surface area contributed by atoms with Gasteiger partial charge in [0.1, 0.15) is 5.82 Å². The van der Waals surface area contributed by atoms with Crippen molar-refractivity contribution in [3.05, 3.63) is 58.3 Å². The first-order valence-electron chi connectivity index (χ1n) is 7.19. The molecule has 0 aliphatic rings. The molecule has 0 aliphatic heterocycles. The standard InChI is InChI=1S/C17H20BrFN2O/c1-12(9-13-5-3-2-4-6-13)21(7-8-22)14-10-15(18)17(20)16(19)11-14/h2-6,10-12,22H,7-9,20H2,1H3. The minimum Gasteiger partial charge on any atom is -0.395 e. The number of rotatable bonds is 6. The molecule has 0 bridgehead atoms. The molecule has 1 atom stereocenters. The Morgan fingerprint density at radius 3 is 2.55 bits per heavy atom. The van der Waals surface area contributed by atoms with Crippen LogP contribution in [-0.4, -0.2) is 24.3 Å². The Labute approximate surface area is 138 Å². The number of nitrogens with two attached hydrogens (primary N) is 1. The van der Waals surface area contributed by atoms with Crippen molar-refractivity contribution in [2.75, 3.05) is 23.8 Å². The smallest absolute Gasteiger partial charge is 0.149 e. The first kappa shape index (κ1) is 16.8. The summed E-state index contributed by atoms with van der Waals surface area (Å²) in [6, 6.07) is 13.4. The Morgan fingerprint density at radius 1 is 1.27 bits per heavy atom. The number of nitrogen functional groups attached to an aromatic ring is 1. The van der Waals surface area contributed by atoms with Gasteiger partial charge in [0.25, 0.3) is 0 Å². The average Bonchev–Trinajstić information content (AvgIpc) is 2.50. The van der Waals surface area contributed by atoms with Gasteiger partial charge in [-0.2, -0.15) is 0 Å². The molecular formula is C17H20BrFN2O.